The number of anilines is 2. The standard InChI is InChI=1S/C30H32ClN7O3/c1-16-11-21(17(2)34-27-22(31)8-9-33-28(27)30(40)41)26-23(12-16)35-24(15-32)29(36-26)38-18-6-7-19(38)14-20(13-18)37-10-4-3-5-25(37)39/h8-9,11-12,17-20,34H,3-7,10,13-14H2,1-2H3,(H,40,41)/t17-,18?,19?,20?/m1/s1. The number of nitriles is 1. The largest absolute Gasteiger partial charge is 0.476 e. The average molecular weight is 574 g/mol. The number of aromatic nitrogens is 3. The van der Waals surface area contributed by atoms with Crippen LogP contribution in [-0.2, 0) is 4.79 Å². The molecule has 2 aromatic heterocycles. The van der Waals surface area contributed by atoms with E-state index in [-0.39, 0.29) is 46.5 Å². The first-order chi connectivity index (χ1) is 19.7. The molecule has 3 aliphatic rings. The SMILES string of the molecule is Cc1cc([C@@H](C)Nc2c(Cl)ccnc2C(=O)O)c2nc(N3C4CCC3CC(N3CCCCC3=O)C4)c(C#N)nc2c1. The molecule has 6 rings (SSSR count). The Morgan fingerprint density at radius 3 is 2.63 bits per heavy atom. The molecule has 0 aliphatic carbocycles. The number of carbonyl (C=O) groups excluding carboxylic acids is 1. The molecule has 0 spiro atoms. The van der Waals surface area contributed by atoms with Crippen molar-refractivity contribution in [1.29, 1.82) is 5.26 Å². The summed E-state index contributed by atoms with van der Waals surface area (Å²) in [6, 6.07) is 7.95. The minimum absolute atomic E-state index is 0.161. The van der Waals surface area contributed by atoms with E-state index >= 15 is 0 Å². The number of rotatable bonds is 6. The van der Waals surface area contributed by atoms with Crippen LogP contribution in [-0.4, -0.2) is 61.5 Å². The van der Waals surface area contributed by atoms with Gasteiger partial charge in [0.15, 0.2) is 17.2 Å². The van der Waals surface area contributed by atoms with Gasteiger partial charge >= 0.3 is 5.97 Å². The number of amides is 1. The molecule has 1 aromatic carbocycles. The molecule has 3 fully saturated rings. The zero-order valence-corrected chi connectivity index (χ0v) is 23.9. The van der Waals surface area contributed by atoms with E-state index in [1.54, 1.807) is 6.07 Å². The second kappa shape index (κ2) is 10.8. The van der Waals surface area contributed by atoms with E-state index in [0.29, 0.717) is 29.0 Å². The zero-order chi connectivity index (χ0) is 28.8. The lowest BCUT2D eigenvalue weighted by Crippen LogP contribution is -2.53. The Morgan fingerprint density at radius 2 is 1.95 bits per heavy atom. The maximum absolute atomic E-state index is 12.7. The fourth-order valence-corrected chi connectivity index (χ4v) is 7.10. The van der Waals surface area contributed by atoms with Crippen LogP contribution in [0.5, 0.6) is 0 Å². The number of benzene rings is 1. The van der Waals surface area contributed by atoms with Gasteiger partial charge in [-0.15, -0.1) is 0 Å². The maximum Gasteiger partial charge on any atom is 0.356 e. The molecule has 2 unspecified atom stereocenters. The molecular weight excluding hydrogens is 542 g/mol. The third kappa shape index (κ3) is 4.93. The molecule has 5 heterocycles. The van der Waals surface area contributed by atoms with Crippen molar-refractivity contribution in [2.24, 2.45) is 0 Å². The smallest absolute Gasteiger partial charge is 0.356 e. The van der Waals surface area contributed by atoms with Crippen molar-refractivity contribution in [1.82, 2.24) is 19.9 Å². The van der Waals surface area contributed by atoms with E-state index in [1.165, 1.54) is 6.20 Å². The van der Waals surface area contributed by atoms with Crippen LogP contribution in [0.2, 0.25) is 5.02 Å². The molecule has 0 saturated carbocycles. The highest BCUT2D eigenvalue weighted by Crippen LogP contribution is 2.42. The number of hydrogen-bond donors (Lipinski definition) is 2. The van der Waals surface area contributed by atoms with Crippen molar-refractivity contribution in [2.75, 3.05) is 16.8 Å². The summed E-state index contributed by atoms with van der Waals surface area (Å²) in [4.78, 5) is 42.7. The molecule has 0 radical (unpaired) electrons. The number of piperidine rings is 2. The van der Waals surface area contributed by atoms with Gasteiger partial charge in [-0.1, -0.05) is 17.7 Å². The third-order valence-electron chi connectivity index (χ3n) is 8.71. The normalized spacial score (nSPS) is 23.0. The van der Waals surface area contributed by atoms with Gasteiger partial charge in [0.1, 0.15) is 6.07 Å². The lowest BCUT2D eigenvalue weighted by Gasteiger charge is -2.45. The van der Waals surface area contributed by atoms with Gasteiger partial charge in [0.2, 0.25) is 5.91 Å². The van der Waals surface area contributed by atoms with Crippen LogP contribution >= 0.6 is 11.6 Å². The lowest BCUT2D eigenvalue weighted by atomic mass is 9.93. The van der Waals surface area contributed by atoms with Crippen molar-refractivity contribution in [2.45, 2.75) is 83.0 Å². The monoisotopic (exact) mass is 573 g/mol. The number of carbonyl (C=O) groups is 2. The summed E-state index contributed by atoms with van der Waals surface area (Å²) in [6.07, 6.45) is 7.74. The Bertz CT molecular complexity index is 1570. The Balaban J connectivity index is 1.37. The van der Waals surface area contributed by atoms with Crippen LogP contribution in [0, 0.1) is 18.3 Å². The van der Waals surface area contributed by atoms with Crippen molar-refractivity contribution in [3.05, 3.63) is 51.9 Å². The quantitative estimate of drug-likeness (QED) is 0.405. The molecule has 41 heavy (non-hydrogen) atoms. The van der Waals surface area contributed by atoms with E-state index in [4.69, 9.17) is 21.6 Å². The number of aryl methyl sites for hydroxylation is 1. The number of halogens is 1. The fraction of sp³-hybridized carbons (Fsp3) is 0.467. The van der Waals surface area contributed by atoms with Crippen molar-refractivity contribution in [3.63, 3.8) is 0 Å². The van der Waals surface area contributed by atoms with E-state index in [0.717, 1.165) is 56.2 Å². The van der Waals surface area contributed by atoms with Gasteiger partial charge in [-0.3, -0.25) is 4.79 Å². The highest BCUT2D eigenvalue weighted by atomic mass is 35.5. The Morgan fingerprint density at radius 1 is 1.20 bits per heavy atom. The van der Waals surface area contributed by atoms with Gasteiger partial charge in [0, 0.05) is 42.9 Å². The van der Waals surface area contributed by atoms with E-state index < -0.39 is 5.97 Å². The minimum atomic E-state index is -1.18. The molecular formula is C30H32ClN7O3. The molecule has 10 nitrogen and oxygen atoms in total. The van der Waals surface area contributed by atoms with Crippen molar-refractivity contribution >= 4 is 46.0 Å². The van der Waals surface area contributed by atoms with Crippen LogP contribution in [0.15, 0.2) is 24.4 Å². The predicted octanol–water partition coefficient (Wildman–Crippen LogP) is 5.24. The summed E-state index contributed by atoms with van der Waals surface area (Å²) in [5.74, 6) is -0.334. The second-order valence-electron chi connectivity index (χ2n) is 11.4. The Labute approximate surface area is 243 Å². The van der Waals surface area contributed by atoms with Crippen LogP contribution in [0.1, 0.15) is 85.2 Å². The predicted molar refractivity (Wildman–Crippen MR) is 155 cm³/mol. The average Bonchev–Trinajstić information content (AvgIpc) is 3.21. The highest BCUT2D eigenvalue weighted by Gasteiger charge is 2.45. The van der Waals surface area contributed by atoms with Crippen molar-refractivity contribution in [3.8, 4) is 6.07 Å². The number of fused-ring (bicyclic) bond motifs is 3. The first-order valence-corrected chi connectivity index (χ1v) is 14.6. The summed E-state index contributed by atoms with van der Waals surface area (Å²) in [5, 5.41) is 23.3. The van der Waals surface area contributed by atoms with E-state index in [9.17, 15) is 20.0 Å². The summed E-state index contributed by atoms with van der Waals surface area (Å²) >= 11 is 6.38. The molecule has 3 aromatic rings. The first-order valence-electron chi connectivity index (χ1n) is 14.2. The molecule has 3 saturated heterocycles. The van der Waals surface area contributed by atoms with E-state index in [2.05, 4.69) is 26.2 Å². The molecule has 2 N–H and O–H groups in total. The van der Waals surface area contributed by atoms with Crippen LogP contribution < -0.4 is 10.2 Å². The second-order valence-corrected chi connectivity index (χ2v) is 11.8. The number of nitrogens with one attached hydrogen (secondary N) is 1. The summed E-state index contributed by atoms with van der Waals surface area (Å²) in [6.45, 7) is 4.69. The molecule has 3 aliphatic heterocycles. The molecule has 3 atom stereocenters. The van der Waals surface area contributed by atoms with Gasteiger partial charge in [0.05, 0.1) is 27.8 Å². The van der Waals surface area contributed by atoms with Crippen LogP contribution in [0.4, 0.5) is 11.5 Å². The van der Waals surface area contributed by atoms with Gasteiger partial charge in [-0.2, -0.15) is 5.26 Å². The first kappa shape index (κ1) is 27.2. The van der Waals surface area contributed by atoms with Crippen molar-refractivity contribution < 1.29 is 14.7 Å². The van der Waals surface area contributed by atoms with Crippen LogP contribution in [0.25, 0.3) is 11.0 Å². The third-order valence-corrected chi connectivity index (χ3v) is 9.03. The van der Waals surface area contributed by atoms with Crippen LogP contribution in [0.3, 0.4) is 0 Å². The fourth-order valence-electron chi connectivity index (χ4n) is 6.90. The highest BCUT2D eigenvalue weighted by molar-refractivity contribution is 6.33. The van der Waals surface area contributed by atoms with Gasteiger partial charge < -0.3 is 20.2 Å². The number of carboxylic acids is 1. The number of hydrogen-bond acceptors (Lipinski definition) is 8. The number of carboxylic acid groups (broad SMARTS) is 1. The lowest BCUT2D eigenvalue weighted by molar-refractivity contribution is -0.136. The van der Waals surface area contributed by atoms with E-state index in [1.807, 2.05) is 26.0 Å². The Hall–Kier alpha value is -3.97. The number of pyridine rings is 1. The summed E-state index contributed by atoms with van der Waals surface area (Å²) in [7, 11) is 0. The molecule has 212 valence electrons. The number of aromatic carboxylic acids is 1. The minimum Gasteiger partial charge on any atom is -0.476 e. The summed E-state index contributed by atoms with van der Waals surface area (Å²) in [5.41, 5.74) is 3.37. The topological polar surface area (TPSA) is 135 Å². The molecule has 2 bridgehead atoms. The van der Waals surface area contributed by atoms with Gasteiger partial charge in [-0.05, 0) is 70.1 Å². The number of nitrogens with zero attached hydrogens (tertiary/aromatic N) is 6. The number of likely N-dealkylation sites (tertiary alicyclic amines) is 1. The van der Waals surface area contributed by atoms with Gasteiger partial charge in [0.25, 0.3) is 0 Å². The Kier molecular flexibility index (Phi) is 7.16. The van der Waals surface area contributed by atoms with Gasteiger partial charge in [-0.25, -0.2) is 19.7 Å². The molecule has 11 heteroatoms. The summed E-state index contributed by atoms with van der Waals surface area (Å²) < 4.78 is 0. The zero-order valence-electron chi connectivity index (χ0n) is 23.1. The molecule has 1 amide bonds. The maximum atomic E-state index is 12.7.